The molecule has 2 N–H and O–H groups in total. The van der Waals surface area contributed by atoms with E-state index in [9.17, 15) is 0 Å². The summed E-state index contributed by atoms with van der Waals surface area (Å²) in [7, 11) is 0. The van der Waals surface area contributed by atoms with Gasteiger partial charge >= 0.3 is 0 Å². The molecule has 2 saturated heterocycles. The lowest BCUT2D eigenvalue weighted by atomic mass is 9.80. The molecule has 2 nitrogen and oxygen atoms in total. The van der Waals surface area contributed by atoms with E-state index >= 15 is 0 Å². The summed E-state index contributed by atoms with van der Waals surface area (Å²) in [6.07, 6.45) is 5.69. The molecule has 2 aliphatic heterocycles. The van der Waals surface area contributed by atoms with Gasteiger partial charge in [-0.3, -0.25) is 0 Å². The van der Waals surface area contributed by atoms with Crippen LogP contribution in [0.3, 0.4) is 0 Å². The Morgan fingerprint density at radius 2 is 0.812 bits per heavy atom. The Hall–Kier alpha value is -0.0800. The van der Waals surface area contributed by atoms with E-state index in [1.165, 1.54) is 51.9 Å². The molecule has 2 heteroatoms. The van der Waals surface area contributed by atoms with E-state index in [2.05, 4.69) is 10.6 Å². The zero-order valence-corrected chi connectivity index (χ0v) is 11.8. The number of piperidine rings is 2. The SMILES string of the molecule is C1CC(C2CCNCC2)CCN1.CC.CC. The molecule has 2 fully saturated rings. The van der Waals surface area contributed by atoms with Crippen LogP contribution in [0.25, 0.3) is 0 Å². The van der Waals surface area contributed by atoms with Gasteiger partial charge < -0.3 is 10.6 Å². The van der Waals surface area contributed by atoms with Gasteiger partial charge in [-0.05, 0) is 63.7 Å². The molecule has 0 aromatic heterocycles. The predicted molar refractivity (Wildman–Crippen MR) is 73.9 cm³/mol. The molecule has 2 rings (SSSR count). The maximum atomic E-state index is 3.44. The first kappa shape index (κ1) is 15.9. The lowest BCUT2D eigenvalue weighted by molar-refractivity contribution is 0.212. The molecule has 0 spiro atoms. The van der Waals surface area contributed by atoms with Gasteiger partial charge in [0, 0.05) is 0 Å². The van der Waals surface area contributed by atoms with Crippen molar-refractivity contribution in [2.24, 2.45) is 11.8 Å². The topological polar surface area (TPSA) is 24.1 Å². The summed E-state index contributed by atoms with van der Waals surface area (Å²) in [4.78, 5) is 0. The monoisotopic (exact) mass is 228 g/mol. The lowest BCUT2D eigenvalue weighted by Gasteiger charge is -2.33. The van der Waals surface area contributed by atoms with Gasteiger partial charge in [0.2, 0.25) is 0 Å². The van der Waals surface area contributed by atoms with E-state index in [-0.39, 0.29) is 0 Å². The van der Waals surface area contributed by atoms with Crippen molar-refractivity contribution in [2.45, 2.75) is 53.4 Å². The van der Waals surface area contributed by atoms with E-state index in [1.807, 2.05) is 27.7 Å². The van der Waals surface area contributed by atoms with Gasteiger partial charge in [-0.25, -0.2) is 0 Å². The summed E-state index contributed by atoms with van der Waals surface area (Å²) in [5.41, 5.74) is 0. The van der Waals surface area contributed by atoms with Crippen LogP contribution in [-0.4, -0.2) is 26.2 Å². The smallest absolute Gasteiger partial charge is 0.00462 e. The van der Waals surface area contributed by atoms with Crippen LogP contribution >= 0.6 is 0 Å². The number of hydrogen-bond donors (Lipinski definition) is 2. The summed E-state index contributed by atoms with van der Waals surface area (Å²) < 4.78 is 0. The molecule has 98 valence electrons. The van der Waals surface area contributed by atoms with E-state index in [4.69, 9.17) is 0 Å². The van der Waals surface area contributed by atoms with Crippen LogP contribution in [0, 0.1) is 11.8 Å². The minimum atomic E-state index is 1.04. The van der Waals surface area contributed by atoms with Crippen molar-refractivity contribution in [3.63, 3.8) is 0 Å². The van der Waals surface area contributed by atoms with Gasteiger partial charge in [-0.1, -0.05) is 27.7 Å². The van der Waals surface area contributed by atoms with Crippen molar-refractivity contribution in [3.8, 4) is 0 Å². The molecule has 0 unspecified atom stereocenters. The Morgan fingerprint density at radius 3 is 1.06 bits per heavy atom. The quantitative estimate of drug-likeness (QED) is 0.721. The molecular weight excluding hydrogens is 196 g/mol. The van der Waals surface area contributed by atoms with Gasteiger partial charge in [-0.2, -0.15) is 0 Å². The molecule has 2 aliphatic rings. The molecule has 0 aliphatic carbocycles. The Bertz CT molecular complexity index is 109. The number of rotatable bonds is 1. The number of nitrogens with one attached hydrogen (secondary N) is 2. The highest BCUT2D eigenvalue weighted by Crippen LogP contribution is 2.28. The Labute approximate surface area is 103 Å². The maximum Gasteiger partial charge on any atom is -0.00462 e. The third kappa shape index (κ3) is 5.86. The Balaban J connectivity index is 0.000000509. The fourth-order valence-electron chi connectivity index (χ4n) is 2.63. The summed E-state index contributed by atoms with van der Waals surface area (Å²) in [6, 6.07) is 0. The fraction of sp³-hybridized carbons (Fsp3) is 1.00. The van der Waals surface area contributed by atoms with Crippen LogP contribution in [-0.2, 0) is 0 Å². The predicted octanol–water partition coefficient (Wildman–Crippen LogP) is 3.04. The Kier molecular flexibility index (Phi) is 11.3. The first-order valence-electron chi connectivity index (χ1n) is 7.38. The van der Waals surface area contributed by atoms with Crippen molar-refractivity contribution in [3.05, 3.63) is 0 Å². The molecular formula is C14H32N2. The van der Waals surface area contributed by atoms with Gasteiger partial charge in [0.15, 0.2) is 0 Å². The Morgan fingerprint density at radius 1 is 0.562 bits per heavy atom. The standard InChI is InChI=1S/C10H20N2.2C2H6/c1-5-11-6-2-9(1)10-3-7-12-8-4-10;2*1-2/h9-12H,1-8H2;2*1-2H3. The molecule has 0 amide bonds. The van der Waals surface area contributed by atoms with E-state index in [0.717, 1.165) is 11.8 Å². The summed E-state index contributed by atoms with van der Waals surface area (Å²) in [5, 5.41) is 6.88. The zero-order chi connectivity index (χ0) is 12.2. The molecule has 2 heterocycles. The minimum Gasteiger partial charge on any atom is -0.317 e. The molecule has 0 atom stereocenters. The molecule has 0 saturated carbocycles. The van der Waals surface area contributed by atoms with E-state index in [0.29, 0.717) is 0 Å². The summed E-state index contributed by atoms with van der Waals surface area (Å²) >= 11 is 0. The van der Waals surface area contributed by atoms with Gasteiger partial charge in [-0.15, -0.1) is 0 Å². The van der Waals surface area contributed by atoms with Crippen molar-refractivity contribution < 1.29 is 0 Å². The highest BCUT2D eigenvalue weighted by Gasteiger charge is 2.24. The first-order chi connectivity index (χ1) is 7.97. The average molecular weight is 228 g/mol. The van der Waals surface area contributed by atoms with E-state index in [1.54, 1.807) is 0 Å². The van der Waals surface area contributed by atoms with Crippen LogP contribution < -0.4 is 10.6 Å². The second-order valence-corrected chi connectivity index (χ2v) is 4.17. The van der Waals surface area contributed by atoms with Crippen molar-refractivity contribution in [2.75, 3.05) is 26.2 Å². The third-order valence-corrected chi connectivity index (χ3v) is 3.43. The summed E-state index contributed by atoms with van der Waals surface area (Å²) in [6.45, 7) is 13.0. The average Bonchev–Trinajstić information content (AvgIpc) is 2.45. The molecule has 16 heavy (non-hydrogen) atoms. The highest BCUT2D eigenvalue weighted by atomic mass is 14.9. The third-order valence-electron chi connectivity index (χ3n) is 3.43. The zero-order valence-electron chi connectivity index (χ0n) is 11.8. The van der Waals surface area contributed by atoms with Gasteiger partial charge in [0.05, 0.1) is 0 Å². The summed E-state index contributed by atoms with van der Waals surface area (Å²) in [5.74, 6) is 2.07. The van der Waals surface area contributed by atoms with Gasteiger partial charge in [0.25, 0.3) is 0 Å². The molecule has 0 aromatic rings. The lowest BCUT2D eigenvalue weighted by Crippen LogP contribution is -2.37. The van der Waals surface area contributed by atoms with Crippen LogP contribution in [0.15, 0.2) is 0 Å². The normalized spacial score (nSPS) is 22.5. The molecule has 0 bridgehead atoms. The highest BCUT2D eigenvalue weighted by molar-refractivity contribution is 4.79. The van der Waals surface area contributed by atoms with Crippen LogP contribution in [0.2, 0.25) is 0 Å². The molecule has 0 radical (unpaired) electrons. The minimum absolute atomic E-state index is 1.04. The number of hydrogen-bond acceptors (Lipinski definition) is 2. The first-order valence-corrected chi connectivity index (χ1v) is 7.38. The van der Waals surface area contributed by atoms with Crippen molar-refractivity contribution >= 4 is 0 Å². The van der Waals surface area contributed by atoms with Crippen LogP contribution in [0.5, 0.6) is 0 Å². The van der Waals surface area contributed by atoms with Crippen molar-refractivity contribution in [1.29, 1.82) is 0 Å². The molecule has 0 aromatic carbocycles. The second kappa shape index (κ2) is 11.4. The van der Waals surface area contributed by atoms with E-state index < -0.39 is 0 Å². The van der Waals surface area contributed by atoms with Gasteiger partial charge in [0.1, 0.15) is 0 Å². The maximum absolute atomic E-state index is 3.44. The van der Waals surface area contributed by atoms with Crippen LogP contribution in [0.1, 0.15) is 53.4 Å². The fourth-order valence-corrected chi connectivity index (χ4v) is 2.63. The van der Waals surface area contributed by atoms with Crippen molar-refractivity contribution in [1.82, 2.24) is 10.6 Å². The van der Waals surface area contributed by atoms with Crippen LogP contribution in [0.4, 0.5) is 0 Å². The largest absolute Gasteiger partial charge is 0.317 e. The second-order valence-electron chi connectivity index (χ2n) is 4.17.